The van der Waals surface area contributed by atoms with Gasteiger partial charge in [0.05, 0.1) is 0 Å². The van der Waals surface area contributed by atoms with Gasteiger partial charge in [0.25, 0.3) is 0 Å². The first-order valence-corrected chi connectivity index (χ1v) is 13.5. The van der Waals surface area contributed by atoms with Crippen LogP contribution in [-0.2, 0) is 14.3 Å². The van der Waals surface area contributed by atoms with Crippen LogP contribution < -0.4 is 0 Å². The summed E-state index contributed by atoms with van der Waals surface area (Å²) in [4.78, 5) is 24.5. The number of hydrogen-bond donors (Lipinski definition) is 0. The first-order valence-electron chi connectivity index (χ1n) is 13.5. The van der Waals surface area contributed by atoms with Gasteiger partial charge in [0.1, 0.15) is 6.10 Å². The van der Waals surface area contributed by atoms with Crippen molar-refractivity contribution in [3.8, 4) is 0 Å². The normalized spacial score (nSPS) is 36.9. The molecular weight excluding hydrogens is 384 g/mol. The summed E-state index contributed by atoms with van der Waals surface area (Å²) in [6.07, 6.45) is 20.3. The van der Waals surface area contributed by atoms with Crippen LogP contribution in [0.5, 0.6) is 0 Å². The molecule has 3 saturated carbocycles. The highest BCUT2D eigenvalue weighted by atomic mass is 16.5. The maximum absolute atomic E-state index is 12.6. The fourth-order valence-electron chi connectivity index (χ4n) is 7.77. The summed E-state index contributed by atoms with van der Waals surface area (Å²) in [5.74, 6) is 3.26. The average molecular weight is 429 g/mol. The largest absolute Gasteiger partial charge is 0.462 e. The lowest BCUT2D eigenvalue weighted by Gasteiger charge is -2.53. The maximum Gasteiger partial charge on any atom is 0.306 e. The molecule has 3 fully saturated rings. The van der Waals surface area contributed by atoms with E-state index in [1.807, 2.05) is 6.08 Å². The number of ketones is 1. The third kappa shape index (κ3) is 4.96. The molecule has 0 N–H and O–H groups in total. The molecule has 0 aliphatic heterocycles. The zero-order valence-corrected chi connectivity index (χ0v) is 20.0. The molecule has 0 saturated heterocycles. The Labute approximate surface area is 189 Å². The zero-order chi connectivity index (χ0) is 21.8. The highest BCUT2D eigenvalue weighted by Crippen LogP contribution is 2.62. The summed E-state index contributed by atoms with van der Waals surface area (Å²) in [6.45, 7) is 4.67. The number of ether oxygens (including phenoxy) is 1. The lowest BCUT2D eigenvalue weighted by molar-refractivity contribution is -0.159. The molecule has 0 radical (unpaired) electrons. The van der Waals surface area contributed by atoms with Crippen molar-refractivity contribution in [1.82, 2.24) is 0 Å². The Bertz CT molecular complexity index is 680. The summed E-state index contributed by atoms with van der Waals surface area (Å²) >= 11 is 0. The van der Waals surface area contributed by atoms with E-state index in [0.717, 1.165) is 50.4 Å². The van der Waals surface area contributed by atoms with Crippen LogP contribution in [0.25, 0.3) is 0 Å². The predicted octanol–water partition coefficient (Wildman–Crippen LogP) is 7.18. The van der Waals surface area contributed by atoms with Crippen LogP contribution in [0.2, 0.25) is 0 Å². The Morgan fingerprint density at radius 2 is 1.74 bits per heavy atom. The summed E-state index contributed by atoms with van der Waals surface area (Å²) in [6, 6.07) is 0. The summed E-state index contributed by atoms with van der Waals surface area (Å²) in [5, 5.41) is 0. The molecule has 0 heterocycles. The lowest BCUT2D eigenvalue weighted by atomic mass is 9.52. The molecular formula is C28H44O3. The van der Waals surface area contributed by atoms with Gasteiger partial charge in [-0.3, -0.25) is 9.59 Å². The standard InChI is InChI=1S/C28H44O3/c1-3-4-5-6-7-8-9-10-27(30)31-26-16-15-25-24-13-11-20-19-21(29)12-14-22(20)23(24)17-18-28(25,26)2/h19,22-26H,3-18H2,1-2H3/t22-,23+,24+,25-,26-,28-/m1/s1. The molecule has 174 valence electrons. The molecule has 3 heteroatoms. The van der Waals surface area contributed by atoms with Crippen LogP contribution >= 0.6 is 0 Å². The fraction of sp³-hybridized carbons (Fsp3) is 0.857. The number of unbranched alkanes of at least 4 members (excludes halogenated alkanes) is 6. The van der Waals surface area contributed by atoms with Crippen molar-refractivity contribution in [2.24, 2.45) is 29.1 Å². The SMILES string of the molecule is CCCCCCCCCC(=O)O[C@@H]1CC[C@@H]2[C@H]3CCC4=CC(=O)CC[C@H]4[C@@H]3CC[C@]21C. The molecule has 0 aromatic carbocycles. The smallest absolute Gasteiger partial charge is 0.306 e. The second-order valence-corrected chi connectivity index (χ2v) is 11.3. The highest BCUT2D eigenvalue weighted by molar-refractivity contribution is 5.91. The van der Waals surface area contributed by atoms with Gasteiger partial charge in [0, 0.05) is 18.3 Å². The summed E-state index contributed by atoms with van der Waals surface area (Å²) < 4.78 is 6.13. The van der Waals surface area contributed by atoms with Crippen molar-refractivity contribution in [1.29, 1.82) is 0 Å². The number of esters is 1. The highest BCUT2D eigenvalue weighted by Gasteiger charge is 2.57. The quantitative estimate of drug-likeness (QED) is 0.288. The molecule has 31 heavy (non-hydrogen) atoms. The number of fused-ring (bicyclic) bond motifs is 5. The van der Waals surface area contributed by atoms with Crippen LogP contribution in [0.4, 0.5) is 0 Å². The molecule has 0 spiro atoms. The van der Waals surface area contributed by atoms with Crippen molar-refractivity contribution in [2.45, 2.75) is 123 Å². The second kappa shape index (κ2) is 10.2. The summed E-state index contributed by atoms with van der Waals surface area (Å²) in [5.41, 5.74) is 1.62. The molecule has 0 unspecified atom stereocenters. The van der Waals surface area contributed by atoms with Crippen molar-refractivity contribution >= 4 is 11.8 Å². The first kappa shape index (κ1) is 23.1. The molecule has 6 atom stereocenters. The minimum atomic E-state index is 0.0437. The third-order valence-electron chi connectivity index (χ3n) is 9.47. The first-order chi connectivity index (χ1) is 15.0. The van der Waals surface area contributed by atoms with E-state index in [4.69, 9.17) is 4.74 Å². The number of hydrogen-bond acceptors (Lipinski definition) is 3. The Morgan fingerprint density at radius 3 is 2.55 bits per heavy atom. The van der Waals surface area contributed by atoms with E-state index in [1.54, 1.807) is 0 Å². The Kier molecular flexibility index (Phi) is 7.60. The molecule has 0 aromatic rings. The van der Waals surface area contributed by atoms with E-state index in [9.17, 15) is 9.59 Å². The van der Waals surface area contributed by atoms with Gasteiger partial charge in [-0.25, -0.2) is 0 Å². The van der Waals surface area contributed by atoms with Gasteiger partial charge >= 0.3 is 5.97 Å². The van der Waals surface area contributed by atoms with Gasteiger partial charge < -0.3 is 4.74 Å². The van der Waals surface area contributed by atoms with E-state index in [1.165, 1.54) is 63.4 Å². The zero-order valence-electron chi connectivity index (χ0n) is 20.0. The van der Waals surface area contributed by atoms with Crippen molar-refractivity contribution in [3.63, 3.8) is 0 Å². The van der Waals surface area contributed by atoms with E-state index >= 15 is 0 Å². The van der Waals surface area contributed by atoms with Gasteiger partial charge in [-0.1, -0.05) is 57.9 Å². The maximum atomic E-state index is 12.6. The predicted molar refractivity (Wildman–Crippen MR) is 125 cm³/mol. The number of rotatable bonds is 9. The van der Waals surface area contributed by atoms with Gasteiger partial charge in [-0.2, -0.15) is 0 Å². The van der Waals surface area contributed by atoms with E-state index in [-0.39, 0.29) is 17.5 Å². The lowest BCUT2D eigenvalue weighted by Crippen LogP contribution is -2.48. The van der Waals surface area contributed by atoms with Gasteiger partial charge in [-0.15, -0.1) is 0 Å². The average Bonchev–Trinajstić information content (AvgIpc) is 3.09. The molecule has 0 aromatic heterocycles. The third-order valence-corrected chi connectivity index (χ3v) is 9.47. The molecule has 4 aliphatic carbocycles. The van der Waals surface area contributed by atoms with Crippen molar-refractivity contribution in [3.05, 3.63) is 11.6 Å². The second-order valence-electron chi connectivity index (χ2n) is 11.3. The van der Waals surface area contributed by atoms with Crippen LogP contribution in [0.3, 0.4) is 0 Å². The molecule has 4 aliphatic rings. The number of carbonyl (C=O) groups excluding carboxylic acids is 2. The van der Waals surface area contributed by atoms with Crippen molar-refractivity contribution in [2.75, 3.05) is 0 Å². The van der Waals surface area contributed by atoms with Gasteiger partial charge in [0.15, 0.2) is 5.78 Å². The van der Waals surface area contributed by atoms with Crippen molar-refractivity contribution < 1.29 is 14.3 Å². The number of carbonyl (C=O) groups is 2. The number of allylic oxidation sites excluding steroid dienone is 1. The summed E-state index contributed by atoms with van der Waals surface area (Å²) in [7, 11) is 0. The van der Waals surface area contributed by atoms with Gasteiger partial charge in [-0.05, 0) is 81.1 Å². The Balaban J connectivity index is 1.27. The molecule has 4 rings (SSSR count). The minimum Gasteiger partial charge on any atom is -0.462 e. The van der Waals surface area contributed by atoms with Crippen LogP contribution in [0, 0.1) is 29.1 Å². The topological polar surface area (TPSA) is 43.4 Å². The fourth-order valence-corrected chi connectivity index (χ4v) is 7.77. The van der Waals surface area contributed by atoms with Crippen LogP contribution in [0.1, 0.15) is 117 Å². The molecule has 0 amide bonds. The van der Waals surface area contributed by atoms with Crippen LogP contribution in [-0.4, -0.2) is 17.9 Å². The van der Waals surface area contributed by atoms with E-state index < -0.39 is 0 Å². The van der Waals surface area contributed by atoms with E-state index in [0.29, 0.717) is 24.0 Å². The Hall–Kier alpha value is -1.12. The minimum absolute atomic E-state index is 0.0437. The monoisotopic (exact) mass is 428 g/mol. The van der Waals surface area contributed by atoms with Crippen LogP contribution in [0.15, 0.2) is 11.6 Å². The van der Waals surface area contributed by atoms with Gasteiger partial charge in [0.2, 0.25) is 0 Å². The molecule has 3 nitrogen and oxygen atoms in total. The van der Waals surface area contributed by atoms with E-state index in [2.05, 4.69) is 13.8 Å². The molecule has 0 bridgehead atoms. The Morgan fingerprint density at radius 1 is 0.968 bits per heavy atom.